The molecule has 1 heterocycles. The van der Waals surface area contributed by atoms with Crippen LogP contribution in [0.2, 0.25) is 0 Å². The number of guanidine groups is 1. The molecule has 0 saturated heterocycles. The van der Waals surface area contributed by atoms with Crippen LogP contribution in [0.25, 0.3) is 0 Å². The van der Waals surface area contributed by atoms with Crippen LogP contribution in [0.4, 0.5) is 0 Å². The maximum absolute atomic E-state index is 5.63. The fourth-order valence-electron chi connectivity index (χ4n) is 2.86. The van der Waals surface area contributed by atoms with Gasteiger partial charge in [-0.2, -0.15) is 0 Å². The monoisotopic (exact) mass is 548 g/mol. The fourth-order valence-corrected chi connectivity index (χ4v) is 2.86. The number of aromatic nitrogens is 1. The minimum atomic E-state index is 0. The molecule has 0 unspecified atom stereocenters. The first-order valence-corrected chi connectivity index (χ1v) is 10.1. The normalized spacial score (nSPS) is 10.6. The number of nitrogens with zero attached hydrogens (tertiary/aromatic N) is 2. The number of methoxy groups -OCH3 is 1. The molecule has 0 saturated carbocycles. The van der Waals surface area contributed by atoms with Gasteiger partial charge in [0.25, 0.3) is 0 Å². The first-order chi connectivity index (χ1) is 15.3. The molecule has 0 radical (unpaired) electrons. The van der Waals surface area contributed by atoms with E-state index in [9.17, 15) is 0 Å². The summed E-state index contributed by atoms with van der Waals surface area (Å²) in [4.78, 5) is 8.61. The van der Waals surface area contributed by atoms with Crippen LogP contribution in [-0.4, -0.2) is 38.3 Å². The molecule has 32 heavy (non-hydrogen) atoms. The van der Waals surface area contributed by atoms with Crippen LogP contribution in [0.1, 0.15) is 11.1 Å². The van der Waals surface area contributed by atoms with Gasteiger partial charge in [0.05, 0.1) is 7.11 Å². The van der Waals surface area contributed by atoms with E-state index in [1.165, 1.54) is 0 Å². The maximum Gasteiger partial charge on any atom is 0.213 e. The van der Waals surface area contributed by atoms with Crippen molar-refractivity contribution in [2.75, 3.05) is 27.4 Å². The third-order valence-electron chi connectivity index (χ3n) is 4.47. The van der Waals surface area contributed by atoms with Crippen LogP contribution in [-0.2, 0) is 13.1 Å². The molecule has 3 rings (SSSR count). The molecule has 0 spiro atoms. The molecule has 170 valence electrons. The molecule has 1 aromatic heterocycles. The number of aliphatic imine (C=N–C) groups is 1. The molecule has 0 aliphatic heterocycles. The van der Waals surface area contributed by atoms with E-state index in [0.717, 1.165) is 22.6 Å². The van der Waals surface area contributed by atoms with Crippen LogP contribution < -0.4 is 24.8 Å². The van der Waals surface area contributed by atoms with Gasteiger partial charge in [-0.1, -0.05) is 42.5 Å². The molecular weight excluding hydrogens is 519 g/mol. The van der Waals surface area contributed by atoms with Crippen molar-refractivity contribution in [3.63, 3.8) is 0 Å². The van der Waals surface area contributed by atoms with E-state index in [1.807, 2.05) is 66.7 Å². The zero-order valence-corrected chi connectivity index (χ0v) is 20.6. The van der Waals surface area contributed by atoms with Gasteiger partial charge in [-0.05, 0) is 23.8 Å². The zero-order valence-electron chi connectivity index (χ0n) is 18.3. The van der Waals surface area contributed by atoms with Crippen molar-refractivity contribution < 1.29 is 14.2 Å². The number of halogens is 1. The van der Waals surface area contributed by atoms with Gasteiger partial charge in [0, 0.05) is 38.0 Å². The molecule has 0 fully saturated rings. The molecule has 2 N–H and O–H groups in total. The summed E-state index contributed by atoms with van der Waals surface area (Å²) >= 11 is 0. The van der Waals surface area contributed by atoms with E-state index in [1.54, 1.807) is 20.4 Å². The van der Waals surface area contributed by atoms with E-state index in [-0.39, 0.29) is 24.0 Å². The predicted octanol–water partition coefficient (Wildman–Crippen LogP) is 4.03. The summed E-state index contributed by atoms with van der Waals surface area (Å²) in [5.74, 6) is 2.94. The summed E-state index contributed by atoms with van der Waals surface area (Å²) in [7, 11) is 3.41. The lowest BCUT2D eigenvalue weighted by Crippen LogP contribution is -2.36. The number of pyridine rings is 1. The van der Waals surface area contributed by atoms with Crippen LogP contribution in [0, 0.1) is 0 Å². The second kappa shape index (κ2) is 14.1. The van der Waals surface area contributed by atoms with E-state index >= 15 is 0 Å². The Morgan fingerprint density at radius 1 is 0.875 bits per heavy atom. The molecule has 7 nitrogen and oxygen atoms in total. The molecule has 0 aliphatic rings. The lowest BCUT2D eigenvalue weighted by molar-refractivity contribution is 0.212. The first kappa shape index (κ1) is 25.3. The highest BCUT2D eigenvalue weighted by Gasteiger charge is 2.04. The predicted molar refractivity (Wildman–Crippen MR) is 137 cm³/mol. The Bertz CT molecular complexity index is 953. The lowest BCUT2D eigenvalue weighted by Gasteiger charge is -2.14. The highest BCUT2D eigenvalue weighted by Crippen LogP contribution is 2.16. The van der Waals surface area contributed by atoms with Crippen LogP contribution in [0.15, 0.2) is 77.9 Å². The highest BCUT2D eigenvalue weighted by atomic mass is 127. The third-order valence-corrected chi connectivity index (χ3v) is 4.47. The molecule has 3 aromatic rings. The molecule has 0 atom stereocenters. The number of hydrogen-bond acceptors (Lipinski definition) is 5. The van der Waals surface area contributed by atoms with Gasteiger partial charge in [0.2, 0.25) is 5.88 Å². The van der Waals surface area contributed by atoms with Crippen LogP contribution >= 0.6 is 24.0 Å². The quantitative estimate of drug-likeness (QED) is 0.173. The van der Waals surface area contributed by atoms with Gasteiger partial charge in [0.15, 0.2) is 5.96 Å². The van der Waals surface area contributed by atoms with Crippen molar-refractivity contribution in [1.82, 2.24) is 15.6 Å². The van der Waals surface area contributed by atoms with Gasteiger partial charge in [0.1, 0.15) is 24.7 Å². The van der Waals surface area contributed by atoms with Crippen molar-refractivity contribution >= 4 is 29.9 Å². The fraction of sp³-hybridized carbons (Fsp3) is 0.250. The summed E-state index contributed by atoms with van der Waals surface area (Å²) in [6.45, 7) is 2.10. The second-order valence-electron chi connectivity index (χ2n) is 6.61. The van der Waals surface area contributed by atoms with E-state index < -0.39 is 0 Å². The zero-order chi connectivity index (χ0) is 21.7. The average Bonchev–Trinajstić information content (AvgIpc) is 2.83. The highest BCUT2D eigenvalue weighted by molar-refractivity contribution is 14.0. The lowest BCUT2D eigenvalue weighted by atomic mass is 10.2. The SMILES string of the molecule is CN=C(NCc1ccc(OCCOc2ccccc2)nc1)NCc1ccccc1OC.I. The minimum absolute atomic E-state index is 0. The number of hydrogen-bond donors (Lipinski definition) is 2. The maximum atomic E-state index is 5.63. The number of nitrogens with one attached hydrogen (secondary N) is 2. The topological polar surface area (TPSA) is 77.0 Å². The summed E-state index contributed by atoms with van der Waals surface area (Å²) in [6, 6.07) is 21.4. The van der Waals surface area contributed by atoms with Gasteiger partial charge in [-0.25, -0.2) is 4.98 Å². The average molecular weight is 548 g/mol. The van der Waals surface area contributed by atoms with E-state index in [4.69, 9.17) is 14.2 Å². The minimum Gasteiger partial charge on any atom is -0.496 e. The molecule has 0 aliphatic carbocycles. The van der Waals surface area contributed by atoms with Crippen LogP contribution in [0.5, 0.6) is 17.4 Å². The van der Waals surface area contributed by atoms with Gasteiger partial charge in [-0.15, -0.1) is 24.0 Å². The largest absolute Gasteiger partial charge is 0.496 e. The second-order valence-corrected chi connectivity index (χ2v) is 6.61. The first-order valence-electron chi connectivity index (χ1n) is 10.1. The Morgan fingerprint density at radius 2 is 1.59 bits per heavy atom. The molecule has 8 heteroatoms. The van der Waals surface area contributed by atoms with Crippen molar-refractivity contribution in [2.45, 2.75) is 13.1 Å². The summed E-state index contributed by atoms with van der Waals surface area (Å²) in [5.41, 5.74) is 2.08. The number of rotatable bonds is 10. The summed E-state index contributed by atoms with van der Waals surface area (Å²) in [6.07, 6.45) is 1.79. The Labute approximate surface area is 206 Å². The number of para-hydroxylation sites is 2. The summed E-state index contributed by atoms with van der Waals surface area (Å²) in [5, 5.41) is 6.57. The Balaban J connectivity index is 0.00000363. The van der Waals surface area contributed by atoms with Crippen molar-refractivity contribution in [1.29, 1.82) is 0 Å². The Hall–Kier alpha value is -3.01. The molecule has 0 bridgehead atoms. The van der Waals surface area contributed by atoms with Gasteiger partial charge in [-0.3, -0.25) is 4.99 Å². The smallest absolute Gasteiger partial charge is 0.213 e. The van der Waals surface area contributed by atoms with Crippen molar-refractivity contribution in [3.05, 3.63) is 84.1 Å². The molecule has 0 amide bonds. The van der Waals surface area contributed by atoms with Crippen molar-refractivity contribution in [2.24, 2.45) is 4.99 Å². The van der Waals surface area contributed by atoms with Gasteiger partial charge < -0.3 is 24.8 Å². The van der Waals surface area contributed by atoms with Crippen LogP contribution in [0.3, 0.4) is 0 Å². The molecule has 2 aromatic carbocycles. The number of benzene rings is 2. The standard InChI is InChI=1S/C24H28N4O3.HI/c1-25-24(28-18-20-8-6-7-11-22(20)29-2)27-17-19-12-13-23(26-16-19)31-15-14-30-21-9-4-3-5-10-21;/h3-13,16H,14-15,17-18H2,1-2H3,(H2,25,27,28);1H. The number of ether oxygens (including phenoxy) is 3. The van der Waals surface area contributed by atoms with E-state index in [0.29, 0.717) is 38.1 Å². The summed E-state index contributed by atoms with van der Waals surface area (Å²) < 4.78 is 16.6. The Kier molecular flexibility index (Phi) is 11.1. The van der Waals surface area contributed by atoms with Crippen molar-refractivity contribution in [3.8, 4) is 17.4 Å². The van der Waals surface area contributed by atoms with E-state index in [2.05, 4.69) is 20.6 Å². The Morgan fingerprint density at radius 3 is 2.31 bits per heavy atom. The van der Waals surface area contributed by atoms with Gasteiger partial charge >= 0.3 is 0 Å². The third kappa shape index (κ3) is 8.26. The molecular formula is C24H29IN4O3.